The van der Waals surface area contributed by atoms with E-state index in [-0.39, 0.29) is 5.91 Å². The van der Waals surface area contributed by atoms with Crippen LogP contribution in [0.15, 0.2) is 60.0 Å². The zero-order valence-electron chi connectivity index (χ0n) is 16.9. The van der Waals surface area contributed by atoms with Gasteiger partial charge in [0.1, 0.15) is 6.33 Å². The lowest BCUT2D eigenvalue weighted by Gasteiger charge is -2.36. The van der Waals surface area contributed by atoms with E-state index in [1.165, 1.54) is 17.3 Å². The van der Waals surface area contributed by atoms with Crippen molar-refractivity contribution in [2.75, 3.05) is 36.8 Å². The van der Waals surface area contributed by atoms with Gasteiger partial charge in [-0.25, -0.2) is 0 Å². The molecule has 2 heterocycles. The molecule has 2 aromatic carbocycles. The van der Waals surface area contributed by atoms with E-state index in [0.29, 0.717) is 18.8 Å². The van der Waals surface area contributed by atoms with Crippen LogP contribution in [-0.2, 0) is 11.2 Å². The minimum atomic E-state index is 0.122. The molecule has 1 aromatic heterocycles. The first kappa shape index (κ1) is 20.8. The Balaban J connectivity index is 1.35. The van der Waals surface area contributed by atoms with E-state index in [9.17, 15) is 4.79 Å². The maximum Gasteiger partial charge on any atom is 0.233 e. The zero-order chi connectivity index (χ0) is 20.9. The van der Waals surface area contributed by atoms with Crippen LogP contribution in [0.3, 0.4) is 0 Å². The van der Waals surface area contributed by atoms with E-state index in [4.69, 9.17) is 11.6 Å². The number of hydrogen-bond donors (Lipinski definition) is 0. The summed E-state index contributed by atoms with van der Waals surface area (Å²) in [6, 6.07) is 16.0. The molecule has 0 aliphatic carbocycles. The van der Waals surface area contributed by atoms with Crippen molar-refractivity contribution in [3.63, 3.8) is 0 Å². The Hall–Kier alpha value is -2.51. The predicted molar refractivity (Wildman–Crippen MR) is 122 cm³/mol. The summed E-state index contributed by atoms with van der Waals surface area (Å²) < 4.78 is 1.96. The molecule has 0 N–H and O–H groups in total. The molecule has 1 amide bonds. The molecule has 0 radical (unpaired) electrons. The van der Waals surface area contributed by atoms with Gasteiger partial charge in [-0.1, -0.05) is 60.6 Å². The van der Waals surface area contributed by atoms with Gasteiger partial charge in [0, 0.05) is 26.2 Å². The Morgan fingerprint density at radius 3 is 2.47 bits per heavy atom. The van der Waals surface area contributed by atoms with Gasteiger partial charge < -0.3 is 9.80 Å². The molecular formula is C22H24ClN5OS. The van der Waals surface area contributed by atoms with E-state index in [1.54, 1.807) is 6.33 Å². The van der Waals surface area contributed by atoms with Crippen LogP contribution in [0.25, 0.3) is 5.69 Å². The first-order valence-corrected chi connectivity index (χ1v) is 11.4. The summed E-state index contributed by atoms with van der Waals surface area (Å²) in [5.74, 6) is 0.469. The summed E-state index contributed by atoms with van der Waals surface area (Å²) in [4.78, 5) is 16.9. The van der Waals surface area contributed by atoms with Crippen LogP contribution in [0.4, 0.5) is 5.69 Å². The topological polar surface area (TPSA) is 54.3 Å². The first-order chi connectivity index (χ1) is 14.7. The van der Waals surface area contributed by atoms with Gasteiger partial charge >= 0.3 is 0 Å². The van der Waals surface area contributed by atoms with Crippen LogP contribution in [0.2, 0.25) is 5.02 Å². The van der Waals surface area contributed by atoms with E-state index >= 15 is 0 Å². The molecule has 4 rings (SSSR count). The van der Waals surface area contributed by atoms with E-state index in [0.717, 1.165) is 41.1 Å². The maximum atomic E-state index is 12.8. The van der Waals surface area contributed by atoms with Gasteiger partial charge in [-0.3, -0.25) is 9.36 Å². The summed E-state index contributed by atoms with van der Waals surface area (Å²) >= 11 is 7.74. The third kappa shape index (κ3) is 4.47. The van der Waals surface area contributed by atoms with Gasteiger partial charge in [0.25, 0.3) is 0 Å². The molecule has 1 aliphatic heterocycles. The molecule has 8 heteroatoms. The van der Waals surface area contributed by atoms with Crippen LogP contribution in [0.5, 0.6) is 0 Å². The number of thioether (sulfide) groups is 1. The predicted octanol–water partition coefficient (Wildman–Crippen LogP) is 3.92. The van der Waals surface area contributed by atoms with Crippen molar-refractivity contribution in [3.05, 3.63) is 65.4 Å². The van der Waals surface area contributed by atoms with Crippen LogP contribution in [-0.4, -0.2) is 57.5 Å². The minimum Gasteiger partial charge on any atom is -0.367 e. The molecule has 30 heavy (non-hydrogen) atoms. The third-order valence-corrected chi connectivity index (χ3v) is 6.55. The second kappa shape index (κ2) is 9.53. The Bertz CT molecular complexity index is 1020. The third-order valence-electron chi connectivity index (χ3n) is 5.30. The Kier molecular flexibility index (Phi) is 6.59. The summed E-state index contributed by atoms with van der Waals surface area (Å²) in [7, 11) is 0. The van der Waals surface area contributed by atoms with Crippen molar-refractivity contribution in [2.24, 2.45) is 0 Å². The highest BCUT2D eigenvalue weighted by atomic mass is 35.5. The highest BCUT2D eigenvalue weighted by Gasteiger charge is 2.23. The van der Waals surface area contributed by atoms with E-state index in [1.807, 2.05) is 45.9 Å². The number of carbonyl (C=O) groups is 1. The lowest BCUT2D eigenvalue weighted by atomic mass is 10.1. The smallest absolute Gasteiger partial charge is 0.233 e. The van der Waals surface area contributed by atoms with Crippen molar-refractivity contribution in [3.8, 4) is 5.69 Å². The fourth-order valence-corrected chi connectivity index (χ4v) is 4.74. The standard InChI is InChI=1S/C22H24ClN5OS/c1-2-17-7-3-5-9-19(17)28-16-24-25-22(28)30-15-21(29)27-13-11-26(12-14-27)20-10-6-4-8-18(20)23/h3-10,16H,2,11-15H2,1H3. The van der Waals surface area contributed by atoms with Gasteiger partial charge in [-0.2, -0.15) is 0 Å². The van der Waals surface area contributed by atoms with Crippen molar-refractivity contribution in [2.45, 2.75) is 18.5 Å². The number of nitrogens with zero attached hydrogens (tertiary/aromatic N) is 5. The zero-order valence-corrected chi connectivity index (χ0v) is 18.4. The molecule has 0 atom stereocenters. The van der Waals surface area contributed by atoms with Gasteiger partial charge in [0.05, 0.1) is 22.2 Å². The molecule has 0 unspecified atom stereocenters. The van der Waals surface area contributed by atoms with Gasteiger partial charge in [-0.05, 0) is 30.2 Å². The molecular weight excluding hydrogens is 418 g/mol. The molecule has 0 saturated carbocycles. The summed E-state index contributed by atoms with van der Waals surface area (Å²) in [5.41, 5.74) is 3.32. The largest absolute Gasteiger partial charge is 0.367 e. The van der Waals surface area contributed by atoms with Crippen molar-refractivity contribution in [1.29, 1.82) is 0 Å². The minimum absolute atomic E-state index is 0.122. The van der Waals surface area contributed by atoms with Gasteiger partial charge in [0.15, 0.2) is 5.16 Å². The number of anilines is 1. The maximum absolute atomic E-state index is 12.8. The molecule has 156 valence electrons. The van der Waals surface area contributed by atoms with Crippen LogP contribution in [0, 0.1) is 0 Å². The molecule has 1 aliphatic rings. The number of amides is 1. The molecule has 1 saturated heterocycles. The van der Waals surface area contributed by atoms with E-state index < -0.39 is 0 Å². The average molecular weight is 442 g/mol. The van der Waals surface area contributed by atoms with Crippen molar-refractivity contribution >= 4 is 35.0 Å². The molecule has 0 bridgehead atoms. The Labute approximate surface area is 185 Å². The highest BCUT2D eigenvalue weighted by Crippen LogP contribution is 2.27. The number of aryl methyl sites for hydroxylation is 1. The number of aromatic nitrogens is 3. The van der Waals surface area contributed by atoms with E-state index in [2.05, 4.69) is 34.2 Å². The number of para-hydroxylation sites is 2. The van der Waals surface area contributed by atoms with Crippen LogP contribution in [0.1, 0.15) is 12.5 Å². The van der Waals surface area contributed by atoms with Crippen molar-refractivity contribution < 1.29 is 4.79 Å². The number of rotatable bonds is 6. The lowest BCUT2D eigenvalue weighted by molar-refractivity contribution is -0.128. The Morgan fingerprint density at radius 1 is 1.03 bits per heavy atom. The summed E-state index contributed by atoms with van der Waals surface area (Å²) in [6.45, 7) is 5.06. The second-order valence-corrected chi connectivity index (χ2v) is 8.42. The number of carbonyl (C=O) groups excluding carboxylic acids is 1. The fraction of sp³-hybridized carbons (Fsp3) is 0.318. The molecule has 0 spiro atoms. The monoisotopic (exact) mass is 441 g/mol. The molecule has 3 aromatic rings. The quantitative estimate of drug-likeness (QED) is 0.542. The molecule has 1 fully saturated rings. The normalized spacial score (nSPS) is 14.2. The number of benzene rings is 2. The SMILES string of the molecule is CCc1ccccc1-n1cnnc1SCC(=O)N1CCN(c2ccccc2Cl)CC1. The van der Waals surface area contributed by atoms with Crippen molar-refractivity contribution in [1.82, 2.24) is 19.7 Å². The van der Waals surface area contributed by atoms with Crippen LogP contribution >= 0.6 is 23.4 Å². The number of halogens is 1. The number of hydrogen-bond acceptors (Lipinski definition) is 5. The highest BCUT2D eigenvalue weighted by molar-refractivity contribution is 7.99. The fourth-order valence-electron chi connectivity index (χ4n) is 3.66. The average Bonchev–Trinajstić information content (AvgIpc) is 3.26. The first-order valence-electron chi connectivity index (χ1n) is 10.1. The Morgan fingerprint density at radius 2 is 1.73 bits per heavy atom. The van der Waals surface area contributed by atoms with Gasteiger partial charge in [-0.15, -0.1) is 10.2 Å². The van der Waals surface area contributed by atoms with Crippen LogP contribution < -0.4 is 4.90 Å². The summed E-state index contributed by atoms with van der Waals surface area (Å²) in [5, 5.41) is 9.78. The second-order valence-electron chi connectivity index (χ2n) is 7.07. The van der Waals surface area contributed by atoms with Gasteiger partial charge in [0.2, 0.25) is 5.91 Å². The summed E-state index contributed by atoms with van der Waals surface area (Å²) in [6.07, 6.45) is 2.64. The number of piperazine rings is 1. The molecule has 6 nitrogen and oxygen atoms in total. The lowest BCUT2D eigenvalue weighted by Crippen LogP contribution is -2.49.